The van der Waals surface area contributed by atoms with Crippen molar-refractivity contribution in [2.75, 3.05) is 13.2 Å². The number of H-pyrrole nitrogens is 1. The molecule has 0 radical (unpaired) electrons. The number of aromatic nitrogens is 3. The monoisotopic (exact) mass is 517 g/mol. The van der Waals surface area contributed by atoms with E-state index in [1.54, 1.807) is 6.07 Å². The summed E-state index contributed by atoms with van der Waals surface area (Å²) in [6.07, 6.45) is -1.74. The number of aromatic amines is 1. The first kappa shape index (κ1) is 22.2. The first-order chi connectivity index (χ1) is 18.0. The van der Waals surface area contributed by atoms with E-state index in [1.807, 2.05) is 42.5 Å². The molecule has 37 heavy (non-hydrogen) atoms. The zero-order valence-corrected chi connectivity index (χ0v) is 20.0. The van der Waals surface area contributed by atoms with Crippen LogP contribution in [0.3, 0.4) is 0 Å². The molecule has 5 heterocycles. The fraction of sp³-hybridized carbons (Fsp3) is 0.231. The summed E-state index contributed by atoms with van der Waals surface area (Å²) < 4.78 is 17.7. The number of halogens is 1. The van der Waals surface area contributed by atoms with Crippen molar-refractivity contribution in [3.8, 4) is 28.4 Å². The molecule has 3 amide bonds. The summed E-state index contributed by atoms with van der Waals surface area (Å²) in [4.78, 5) is 36.3. The van der Waals surface area contributed by atoms with Gasteiger partial charge >= 0.3 is 6.03 Å². The SMILES string of the molecule is O=C1NC(=O)C2(CO[C@@H]3C(Oc4nc5nc(-c6ccc(-c7ccccc7)cc6)c(Cl)cc5[nH]4)CO[C@@H]32)N1. The number of carbonyl (C=O) groups is 2. The molecule has 0 aliphatic carbocycles. The minimum atomic E-state index is -1.24. The third kappa shape index (κ3) is 3.56. The van der Waals surface area contributed by atoms with E-state index >= 15 is 0 Å². The zero-order chi connectivity index (χ0) is 25.1. The minimum absolute atomic E-state index is 0.00346. The van der Waals surface area contributed by atoms with E-state index in [2.05, 4.69) is 37.7 Å². The second kappa shape index (κ2) is 8.27. The molecule has 7 rings (SSSR count). The van der Waals surface area contributed by atoms with Gasteiger partial charge in [0.15, 0.2) is 17.3 Å². The van der Waals surface area contributed by atoms with Gasteiger partial charge in [0.1, 0.15) is 12.2 Å². The van der Waals surface area contributed by atoms with E-state index in [9.17, 15) is 9.59 Å². The summed E-state index contributed by atoms with van der Waals surface area (Å²) >= 11 is 6.58. The average Bonchev–Trinajstić information content (AvgIpc) is 3.65. The Bertz CT molecular complexity index is 1540. The molecule has 10 nitrogen and oxygen atoms in total. The largest absolute Gasteiger partial charge is 0.456 e. The van der Waals surface area contributed by atoms with Crippen LogP contribution in [0.1, 0.15) is 0 Å². The number of ether oxygens (including phenoxy) is 3. The number of nitrogens with zero attached hydrogens (tertiary/aromatic N) is 2. The van der Waals surface area contributed by atoms with Crippen LogP contribution in [0.15, 0.2) is 60.7 Å². The maximum atomic E-state index is 12.4. The smallest absolute Gasteiger partial charge is 0.322 e. The van der Waals surface area contributed by atoms with Crippen molar-refractivity contribution in [3.63, 3.8) is 0 Å². The lowest BCUT2D eigenvalue weighted by Crippen LogP contribution is -2.57. The molecule has 11 heteroatoms. The lowest BCUT2D eigenvalue weighted by Gasteiger charge is -2.23. The van der Waals surface area contributed by atoms with Gasteiger partial charge in [0.05, 0.1) is 29.4 Å². The van der Waals surface area contributed by atoms with E-state index in [-0.39, 0.29) is 19.2 Å². The summed E-state index contributed by atoms with van der Waals surface area (Å²) in [5.74, 6) is -0.461. The van der Waals surface area contributed by atoms with E-state index in [4.69, 9.17) is 25.8 Å². The molecule has 2 unspecified atom stereocenters. The molecule has 3 aliphatic rings. The van der Waals surface area contributed by atoms with Crippen molar-refractivity contribution in [2.24, 2.45) is 0 Å². The number of nitrogens with one attached hydrogen (secondary N) is 3. The predicted octanol–water partition coefficient (Wildman–Crippen LogP) is 3.07. The highest BCUT2D eigenvalue weighted by Crippen LogP contribution is 2.38. The number of carbonyl (C=O) groups excluding carboxylic acids is 2. The number of pyridine rings is 1. The van der Waals surface area contributed by atoms with Crippen molar-refractivity contribution in [1.82, 2.24) is 25.6 Å². The quantitative estimate of drug-likeness (QED) is 0.355. The van der Waals surface area contributed by atoms with Gasteiger partial charge in [-0.25, -0.2) is 9.78 Å². The van der Waals surface area contributed by atoms with Crippen molar-refractivity contribution >= 4 is 34.7 Å². The lowest BCUT2D eigenvalue weighted by molar-refractivity contribution is -0.127. The van der Waals surface area contributed by atoms with Crippen molar-refractivity contribution in [3.05, 3.63) is 65.7 Å². The fourth-order valence-corrected chi connectivity index (χ4v) is 5.43. The van der Waals surface area contributed by atoms with Crippen LogP contribution in [0.4, 0.5) is 4.79 Å². The highest BCUT2D eigenvalue weighted by molar-refractivity contribution is 6.33. The summed E-state index contributed by atoms with van der Waals surface area (Å²) in [7, 11) is 0. The second-order valence-electron chi connectivity index (χ2n) is 9.24. The number of benzene rings is 2. The molecule has 4 atom stereocenters. The molecule has 0 bridgehead atoms. The number of rotatable bonds is 4. The van der Waals surface area contributed by atoms with Gasteiger partial charge in [0, 0.05) is 5.56 Å². The molecule has 1 spiro atoms. The lowest BCUT2D eigenvalue weighted by atomic mass is 9.92. The zero-order valence-electron chi connectivity index (χ0n) is 19.2. The molecule has 186 valence electrons. The van der Waals surface area contributed by atoms with Crippen LogP contribution >= 0.6 is 11.6 Å². The number of hydrogen-bond acceptors (Lipinski definition) is 7. The average molecular weight is 518 g/mol. The molecule has 3 fully saturated rings. The van der Waals surface area contributed by atoms with Crippen LogP contribution < -0.4 is 15.4 Å². The summed E-state index contributed by atoms with van der Waals surface area (Å²) in [6, 6.07) is 19.6. The van der Waals surface area contributed by atoms with Gasteiger partial charge in [0.2, 0.25) is 0 Å². The van der Waals surface area contributed by atoms with Gasteiger partial charge in [-0.3, -0.25) is 10.1 Å². The minimum Gasteiger partial charge on any atom is -0.456 e. The Morgan fingerprint density at radius 2 is 1.73 bits per heavy atom. The molecule has 3 saturated heterocycles. The van der Waals surface area contributed by atoms with Crippen molar-refractivity contribution in [2.45, 2.75) is 23.9 Å². The molecule has 0 saturated carbocycles. The van der Waals surface area contributed by atoms with Crippen LogP contribution in [-0.2, 0) is 14.3 Å². The summed E-state index contributed by atoms with van der Waals surface area (Å²) in [6.45, 7) is 0.175. The van der Waals surface area contributed by atoms with Gasteiger partial charge in [0.25, 0.3) is 11.9 Å². The molecule has 2 aromatic carbocycles. The van der Waals surface area contributed by atoms with Gasteiger partial charge in [-0.15, -0.1) is 0 Å². The number of urea groups is 1. The normalized spacial score (nSPS) is 26.5. The van der Waals surface area contributed by atoms with Crippen molar-refractivity contribution in [1.29, 1.82) is 0 Å². The number of hydrogen-bond donors (Lipinski definition) is 3. The summed E-state index contributed by atoms with van der Waals surface area (Å²) in [5, 5.41) is 5.37. The molecular weight excluding hydrogens is 498 g/mol. The topological polar surface area (TPSA) is 127 Å². The van der Waals surface area contributed by atoms with Crippen molar-refractivity contribution < 1.29 is 23.8 Å². The fourth-order valence-electron chi connectivity index (χ4n) is 5.17. The Labute approximate surface area is 215 Å². The third-order valence-electron chi connectivity index (χ3n) is 7.00. The van der Waals surface area contributed by atoms with Gasteiger partial charge in [-0.2, -0.15) is 4.98 Å². The second-order valence-corrected chi connectivity index (χ2v) is 9.65. The van der Waals surface area contributed by atoms with Crippen LogP contribution in [0, 0.1) is 0 Å². The Kier molecular flexibility index (Phi) is 4.97. The maximum absolute atomic E-state index is 12.4. The van der Waals surface area contributed by atoms with E-state index in [0.717, 1.165) is 16.7 Å². The Morgan fingerprint density at radius 3 is 2.49 bits per heavy atom. The number of imide groups is 1. The molecule has 2 aromatic heterocycles. The maximum Gasteiger partial charge on any atom is 0.322 e. The third-order valence-corrected chi connectivity index (χ3v) is 7.28. The van der Waals surface area contributed by atoms with E-state index in [1.165, 1.54) is 0 Å². The summed E-state index contributed by atoms with van der Waals surface area (Å²) in [5.41, 5.74) is 3.53. The Balaban J connectivity index is 1.12. The molecule has 3 aliphatic heterocycles. The van der Waals surface area contributed by atoms with Crippen LogP contribution in [-0.4, -0.2) is 64.0 Å². The first-order valence-electron chi connectivity index (χ1n) is 11.8. The molecular formula is C26H20ClN5O5. The number of imidazole rings is 1. The van der Waals surface area contributed by atoms with Gasteiger partial charge in [-0.1, -0.05) is 66.2 Å². The standard InChI is InChI=1S/C26H20ClN5O5/c27-16-10-17-22(29-19(16)15-8-6-14(7-9-15)13-4-2-1-3-5-13)30-25(28-17)37-18-11-35-21-20(18)36-12-26(21)23(33)31-24(34)32-26/h1-10,18,20-21H,11-12H2,(H,28,29,30)(H2,31,32,33,34)/t18?,20-,21+,26?/m1/s1. The molecule has 3 N–H and O–H groups in total. The van der Waals surface area contributed by atoms with Crippen LogP contribution in [0.2, 0.25) is 5.02 Å². The van der Waals surface area contributed by atoms with Gasteiger partial charge < -0.3 is 24.5 Å². The highest BCUT2D eigenvalue weighted by Gasteiger charge is 2.64. The highest BCUT2D eigenvalue weighted by atomic mass is 35.5. The number of fused-ring (bicyclic) bond motifs is 3. The Morgan fingerprint density at radius 1 is 0.973 bits per heavy atom. The van der Waals surface area contributed by atoms with Crippen LogP contribution in [0.5, 0.6) is 6.01 Å². The van der Waals surface area contributed by atoms with Gasteiger partial charge in [-0.05, 0) is 17.2 Å². The Hall–Kier alpha value is -3.99. The van der Waals surface area contributed by atoms with E-state index < -0.39 is 35.8 Å². The number of amides is 3. The molecule has 4 aromatic rings. The predicted molar refractivity (Wildman–Crippen MR) is 133 cm³/mol. The van der Waals surface area contributed by atoms with E-state index in [0.29, 0.717) is 21.9 Å². The van der Waals surface area contributed by atoms with Crippen LogP contribution in [0.25, 0.3) is 33.5 Å². The first-order valence-corrected chi connectivity index (χ1v) is 12.1.